The van der Waals surface area contributed by atoms with E-state index >= 15 is 0 Å². The van der Waals surface area contributed by atoms with E-state index in [0.717, 1.165) is 24.0 Å². The van der Waals surface area contributed by atoms with Gasteiger partial charge in [0.05, 0.1) is 17.9 Å². The number of benzene rings is 2. The highest BCUT2D eigenvalue weighted by Crippen LogP contribution is 2.44. The zero-order valence-corrected chi connectivity index (χ0v) is 19.5. The molecule has 0 aliphatic heterocycles. The van der Waals surface area contributed by atoms with Crippen molar-refractivity contribution < 1.29 is 24.2 Å². The Morgan fingerprint density at radius 3 is 2.31 bits per heavy atom. The topological polar surface area (TPSA) is 105 Å². The lowest BCUT2D eigenvalue weighted by Gasteiger charge is -2.19. The number of carboxylic acids is 1. The summed E-state index contributed by atoms with van der Waals surface area (Å²) in [5, 5.41) is 15.1. The van der Waals surface area contributed by atoms with Gasteiger partial charge in [-0.1, -0.05) is 67.1 Å². The average molecular weight is 475 g/mol. The van der Waals surface area contributed by atoms with Gasteiger partial charge in [0.25, 0.3) is 0 Å². The van der Waals surface area contributed by atoms with E-state index in [2.05, 4.69) is 34.9 Å². The fourth-order valence-corrected chi connectivity index (χ4v) is 5.76. The summed E-state index contributed by atoms with van der Waals surface area (Å²) < 4.78 is 5.61. The molecule has 1 saturated carbocycles. The summed E-state index contributed by atoms with van der Waals surface area (Å²) in [4.78, 5) is 36.5. The summed E-state index contributed by atoms with van der Waals surface area (Å²) in [7, 11) is 0. The first-order valence-corrected chi connectivity index (χ1v) is 12.3. The summed E-state index contributed by atoms with van der Waals surface area (Å²) in [5.41, 5.74) is 4.67. The zero-order valence-electron chi connectivity index (χ0n) is 19.5. The first kappa shape index (κ1) is 23.1. The highest BCUT2D eigenvalue weighted by molar-refractivity contribution is 5.82. The molecule has 2 amide bonds. The standard InChI is InChI=1S/C28H30N2O5/c31-26(29-15-18-6-5-11-20(18)27(32)33)17-12-13-19(14-17)30-28(34)35-16-25-23-9-3-1-7-21(23)22-8-2-4-10-24(22)25/h1-4,7-10,12-13,17-20,25H,5-6,11,14-16H2,(H,29,31)(H,30,34)(H,32,33). The third-order valence-corrected chi connectivity index (χ3v) is 7.58. The number of carboxylic acid groups (broad SMARTS) is 1. The van der Waals surface area contributed by atoms with E-state index in [1.165, 1.54) is 11.1 Å². The molecule has 182 valence electrons. The Bertz CT molecular complexity index is 1110. The smallest absolute Gasteiger partial charge is 0.407 e. The molecule has 4 atom stereocenters. The Morgan fingerprint density at radius 2 is 1.63 bits per heavy atom. The van der Waals surface area contributed by atoms with Gasteiger partial charge in [-0.3, -0.25) is 9.59 Å². The van der Waals surface area contributed by atoms with Crippen LogP contribution >= 0.6 is 0 Å². The van der Waals surface area contributed by atoms with Gasteiger partial charge in [0.1, 0.15) is 6.61 Å². The quantitative estimate of drug-likeness (QED) is 0.525. The van der Waals surface area contributed by atoms with Gasteiger partial charge in [-0.2, -0.15) is 0 Å². The maximum Gasteiger partial charge on any atom is 0.407 e. The average Bonchev–Trinajstić information content (AvgIpc) is 3.59. The van der Waals surface area contributed by atoms with Crippen molar-refractivity contribution in [3.8, 4) is 11.1 Å². The van der Waals surface area contributed by atoms with Crippen LogP contribution in [-0.2, 0) is 14.3 Å². The number of nitrogens with one attached hydrogen (secondary N) is 2. The minimum atomic E-state index is -0.783. The molecule has 3 N–H and O–H groups in total. The SMILES string of the molecule is O=C(NC1C=CC(C(=O)NCC2CCCC2C(=O)O)C1)OCC1c2ccccc2-c2ccccc21. The minimum Gasteiger partial charge on any atom is -0.481 e. The molecule has 7 nitrogen and oxygen atoms in total. The molecule has 2 aromatic carbocycles. The molecule has 2 aromatic rings. The van der Waals surface area contributed by atoms with Crippen LogP contribution in [0.3, 0.4) is 0 Å². The number of hydrogen-bond donors (Lipinski definition) is 3. The number of amides is 2. The molecule has 4 unspecified atom stereocenters. The van der Waals surface area contributed by atoms with Crippen molar-refractivity contribution in [2.45, 2.75) is 37.6 Å². The van der Waals surface area contributed by atoms with E-state index in [0.29, 0.717) is 19.4 Å². The van der Waals surface area contributed by atoms with Crippen LogP contribution < -0.4 is 10.6 Å². The summed E-state index contributed by atoms with van der Waals surface area (Å²) in [6, 6.07) is 16.1. The van der Waals surface area contributed by atoms with Crippen molar-refractivity contribution in [2.75, 3.05) is 13.2 Å². The van der Waals surface area contributed by atoms with Gasteiger partial charge in [-0.25, -0.2) is 4.79 Å². The third kappa shape index (κ3) is 4.81. The van der Waals surface area contributed by atoms with Crippen molar-refractivity contribution >= 4 is 18.0 Å². The van der Waals surface area contributed by atoms with Crippen LogP contribution in [0.4, 0.5) is 4.79 Å². The van der Waals surface area contributed by atoms with Gasteiger partial charge in [0.15, 0.2) is 0 Å². The Hall–Kier alpha value is -3.61. The fourth-order valence-electron chi connectivity index (χ4n) is 5.76. The van der Waals surface area contributed by atoms with E-state index in [9.17, 15) is 19.5 Å². The minimum absolute atomic E-state index is 0.00369. The van der Waals surface area contributed by atoms with Crippen LogP contribution in [0.15, 0.2) is 60.7 Å². The molecule has 5 rings (SSSR count). The van der Waals surface area contributed by atoms with E-state index in [-0.39, 0.29) is 42.2 Å². The Morgan fingerprint density at radius 1 is 0.943 bits per heavy atom. The van der Waals surface area contributed by atoms with Crippen LogP contribution in [0.1, 0.15) is 42.7 Å². The maximum atomic E-state index is 12.6. The maximum absolute atomic E-state index is 12.6. The summed E-state index contributed by atoms with van der Waals surface area (Å²) in [6.07, 6.45) is 5.96. The Balaban J connectivity index is 1.10. The van der Waals surface area contributed by atoms with E-state index in [1.807, 2.05) is 30.3 Å². The molecule has 0 aromatic heterocycles. The molecular weight excluding hydrogens is 444 g/mol. The van der Waals surface area contributed by atoms with Crippen molar-refractivity contribution in [1.29, 1.82) is 0 Å². The fraction of sp³-hybridized carbons (Fsp3) is 0.393. The summed E-state index contributed by atoms with van der Waals surface area (Å²) >= 11 is 0. The Labute approximate surface area is 204 Å². The number of aliphatic carboxylic acids is 1. The third-order valence-electron chi connectivity index (χ3n) is 7.58. The highest BCUT2D eigenvalue weighted by atomic mass is 16.5. The monoisotopic (exact) mass is 474 g/mol. The van der Waals surface area contributed by atoms with Gasteiger partial charge in [-0.05, 0) is 47.4 Å². The van der Waals surface area contributed by atoms with Crippen LogP contribution in [0.25, 0.3) is 11.1 Å². The summed E-state index contributed by atoms with van der Waals surface area (Å²) in [6.45, 7) is 0.622. The van der Waals surface area contributed by atoms with Gasteiger partial charge >= 0.3 is 12.1 Å². The number of fused-ring (bicyclic) bond motifs is 3. The van der Waals surface area contributed by atoms with Crippen molar-refractivity contribution in [1.82, 2.24) is 10.6 Å². The van der Waals surface area contributed by atoms with Crippen molar-refractivity contribution in [3.05, 3.63) is 71.8 Å². The molecular formula is C28H30N2O5. The van der Waals surface area contributed by atoms with Gasteiger partial charge < -0.3 is 20.5 Å². The van der Waals surface area contributed by atoms with E-state index < -0.39 is 12.1 Å². The van der Waals surface area contributed by atoms with Crippen molar-refractivity contribution in [3.63, 3.8) is 0 Å². The molecule has 0 heterocycles. The highest BCUT2D eigenvalue weighted by Gasteiger charge is 2.34. The molecule has 0 spiro atoms. The lowest BCUT2D eigenvalue weighted by molar-refractivity contribution is -0.143. The van der Waals surface area contributed by atoms with Gasteiger partial charge in [-0.15, -0.1) is 0 Å². The number of hydrogen-bond acceptors (Lipinski definition) is 4. The normalized spacial score (nSPS) is 24.6. The molecule has 35 heavy (non-hydrogen) atoms. The van der Waals surface area contributed by atoms with Crippen LogP contribution in [0, 0.1) is 17.8 Å². The second-order valence-electron chi connectivity index (χ2n) is 9.68. The predicted molar refractivity (Wildman–Crippen MR) is 131 cm³/mol. The lowest BCUT2D eigenvalue weighted by Crippen LogP contribution is -2.38. The van der Waals surface area contributed by atoms with Crippen LogP contribution in [0.2, 0.25) is 0 Å². The first-order valence-electron chi connectivity index (χ1n) is 12.3. The largest absolute Gasteiger partial charge is 0.481 e. The molecule has 0 saturated heterocycles. The van der Waals surface area contributed by atoms with Gasteiger partial charge in [0.2, 0.25) is 5.91 Å². The molecule has 0 bridgehead atoms. The second kappa shape index (κ2) is 9.94. The second-order valence-corrected chi connectivity index (χ2v) is 9.68. The molecule has 7 heteroatoms. The number of carbonyl (C=O) groups is 3. The lowest BCUT2D eigenvalue weighted by atomic mass is 9.96. The van der Waals surface area contributed by atoms with Gasteiger partial charge in [0, 0.05) is 12.5 Å². The molecule has 3 aliphatic rings. The number of carbonyl (C=O) groups excluding carboxylic acids is 2. The molecule has 0 radical (unpaired) electrons. The zero-order chi connectivity index (χ0) is 24.4. The number of rotatable bonds is 7. The first-order chi connectivity index (χ1) is 17.0. The van der Waals surface area contributed by atoms with Crippen molar-refractivity contribution in [2.24, 2.45) is 17.8 Å². The van der Waals surface area contributed by atoms with Crippen LogP contribution in [0.5, 0.6) is 0 Å². The number of ether oxygens (including phenoxy) is 1. The Kier molecular flexibility index (Phi) is 6.57. The van der Waals surface area contributed by atoms with E-state index in [1.54, 1.807) is 6.08 Å². The van der Waals surface area contributed by atoms with Crippen LogP contribution in [-0.4, -0.2) is 42.3 Å². The number of alkyl carbamates (subject to hydrolysis) is 1. The predicted octanol–water partition coefficient (Wildman–Crippen LogP) is 4.09. The van der Waals surface area contributed by atoms with E-state index in [4.69, 9.17) is 4.74 Å². The summed E-state index contributed by atoms with van der Waals surface area (Å²) in [5.74, 6) is -1.66. The molecule has 3 aliphatic carbocycles. The molecule has 1 fully saturated rings.